The molecule has 2 nitrogen and oxygen atoms in total. The molecule has 1 aromatic rings. The van der Waals surface area contributed by atoms with Gasteiger partial charge in [0, 0.05) is 16.2 Å². The quantitative estimate of drug-likeness (QED) is 0.903. The van der Waals surface area contributed by atoms with Crippen molar-refractivity contribution in [1.82, 2.24) is 0 Å². The Morgan fingerprint density at radius 1 is 1.32 bits per heavy atom. The van der Waals surface area contributed by atoms with Gasteiger partial charge in [-0.1, -0.05) is 12.1 Å². The van der Waals surface area contributed by atoms with Crippen molar-refractivity contribution in [3.63, 3.8) is 0 Å². The van der Waals surface area contributed by atoms with Gasteiger partial charge in [-0.3, -0.25) is 0 Å². The van der Waals surface area contributed by atoms with E-state index in [0.29, 0.717) is 5.25 Å². The van der Waals surface area contributed by atoms with E-state index >= 15 is 0 Å². The Kier molecular flexibility index (Phi) is 4.01. The number of hydrogen-bond donors (Lipinski definition) is 1. The maximum Gasteiger partial charge on any atom is 0.0756 e. The summed E-state index contributed by atoms with van der Waals surface area (Å²) in [5, 5.41) is 0.478. The number of thioether (sulfide) groups is 1. The third-order valence-electron chi connectivity index (χ3n) is 3.65. The smallest absolute Gasteiger partial charge is 0.0756 e. The van der Waals surface area contributed by atoms with Crippen LogP contribution in [0.4, 0.5) is 0 Å². The third kappa shape index (κ3) is 3.53. The minimum atomic E-state index is -0.0848. The zero-order valence-corrected chi connectivity index (χ0v) is 13.4. The maximum absolute atomic E-state index is 6.15. The molecule has 1 aliphatic rings. The first-order valence-electron chi connectivity index (χ1n) is 6.92. The molecule has 1 heterocycles. The first-order chi connectivity index (χ1) is 8.70. The summed E-state index contributed by atoms with van der Waals surface area (Å²) in [6.45, 7) is 10.8. The molecule has 0 saturated carbocycles. The van der Waals surface area contributed by atoms with Crippen LogP contribution in [0, 0.1) is 0 Å². The molecule has 0 bridgehead atoms. The van der Waals surface area contributed by atoms with Gasteiger partial charge in [0.25, 0.3) is 0 Å². The molecule has 1 aliphatic heterocycles. The van der Waals surface area contributed by atoms with Gasteiger partial charge in [0.2, 0.25) is 0 Å². The zero-order valence-electron chi connectivity index (χ0n) is 12.6. The first-order valence-corrected chi connectivity index (χ1v) is 7.80. The van der Waals surface area contributed by atoms with E-state index in [-0.39, 0.29) is 17.2 Å². The molecule has 0 amide bonds. The predicted molar refractivity (Wildman–Crippen MR) is 82.5 cm³/mol. The predicted octanol–water partition coefficient (Wildman–Crippen LogP) is 4.14. The summed E-state index contributed by atoms with van der Waals surface area (Å²) in [5.41, 5.74) is 7.04. The van der Waals surface area contributed by atoms with Gasteiger partial charge in [0.1, 0.15) is 0 Å². The second-order valence-electron chi connectivity index (χ2n) is 6.64. The second kappa shape index (κ2) is 5.12. The minimum absolute atomic E-state index is 0.0278. The van der Waals surface area contributed by atoms with Gasteiger partial charge in [-0.05, 0) is 58.7 Å². The van der Waals surface area contributed by atoms with Crippen LogP contribution in [0.15, 0.2) is 29.2 Å². The Bertz CT molecular complexity index is 454. The van der Waals surface area contributed by atoms with E-state index in [1.54, 1.807) is 0 Å². The molecule has 0 aromatic heterocycles. The highest BCUT2D eigenvalue weighted by atomic mass is 32.2. The van der Waals surface area contributed by atoms with Crippen LogP contribution in [0.1, 0.15) is 52.6 Å². The van der Waals surface area contributed by atoms with Crippen molar-refractivity contribution in [2.75, 3.05) is 0 Å². The van der Waals surface area contributed by atoms with E-state index in [1.165, 1.54) is 10.5 Å². The summed E-state index contributed by atoms with van der Waals surface area (Å²) >= 11 is 1.91. The van der Waals surface area contributed by atoms with Crippen molar-refractivity contribution >= 4 is 11.8 Å². The monoisotopic (exact) mass is 279 g/mol. The molecule has 2 rings (SSSR count). The minimum Gasteiger partial charge on any atom is -0.368 e. The topological polar surface area (TPSA) is 35.2 Å². The largest absolute Gasteiger partial charge is 0.368 e. The van der Waals surface area contributed by atoms with Gasteiger partial charge < -0.3 is 10.5 Å². The Balaban J connectivity index is 2.15. The van der Waals surface area contributed by atoms with Gasteiger partial charge >= 0.3 is 0 Å². The molecule has 1 aromatic carbocycles. The van der Waals surface area contributed by atoms with Crippen LogP contribution >= 0.6 is 11.8 Å². The van der Waals surface area contributed by atoms with Gasteiger partial charge in [0.05, 0.1) is 11.2 Å². The second-order valence-corrected chi connectivity index (χ2v) is 7.91. The molecule has 0 spiro atoms. The Hall–Kier alpha value is -0.510. The first kappa shape index (κ1) is 14.9. The number of benzene rings is 1. The lowest BCUT2D eigenvalue weighted by Gasteiger charge is -2.27. The third-order valence-corrected chi connectivity index (χ3v) is 5.20. The van der Waals surface area contributed by atoms with Crippen molar-refractivity contribution in [2.45, 2.75) is 68.4 Å². The lowest BCUT2D eigenvalue weighted by molar-refractivity contribution is -0.0631. The molecule has 1 fully saturated rings. The molecule has 0 radical (unpaired) electrons. The van der Waals surface area contributed by atoms with E-state index in [9.17, 15) is 0 Å². The van der Waals surface area contributed by atoms with Crippen molar-refractivity contribution in [3.05, 3.63) is 29.8 Å². The van der Waals surface area contributed by atoms with Gasteiger partial charge in [-0.25, -0.2) is 0 Å². The number of ether oxygens (including phenoxy) is 1. The van der Waals surface area contributed by atoms with E-state index in [0.717, 1.165) is 6.42 Å². The summed E-state index contributed by atoms with van der Waals surface area (Å²) in [6, 6.07) is 8.64. The van der Waals surface area contributed by atoms with Crippen LogP contribution in [0.25, 0.3) is 0 Å². The molecule has 0 aliphatic carbocycles. The Labute approximate surface area is 121 Å². The van der Waals surface area contributed by atoms with Crippen LogP contribution in [0.3, 0.4) is 0 Å². The van der Waals surface area contributed by atoms with E-state index in [2.05, 4.69) is 52.0 Å². The Morgan fingerprint density at radius 3 is 2.53 bits per heavy atom. The fourth-order valence-electron chi connectivity index (χ4n) is 2.73. The highest BCUT2D eigenvalue weighted by Crippen LogP contribution is 2.46. The molecule has 19 heavy (non-hydrogen) atoms. The van der Waals surface area contributed by atoms with Gasteiger partial charge in [-0.15, -0.1) is 11.8 Å². The fraction of sp³-hybridized carbons (Fsp3) is 0.625. The molecule has 2 atom stereocenters. The molecular weight excluding hydrogens is 254 g/mol. The average Bonchev–Trinajstić information content (AvgIpc) is 2.47. The van der Waals surface area contributed by atoms with Crippen molar-refractivity contribution in [2.24, 2.45) is 5.73 Å². The van der Waals surface area contributed by atoms with Crippen LogP contribution < -0.4 is 5.73 Å². The standard InChI is InChI=1S/C16H25NOS/c1-11(17)12-7-6-8-13(9-12)19-14-10-15(2,3)18-16(14,4)5/h6-9,11,14H,10,17H2,1-5H3. The summed E-state index contributed by atoms with van der Waals surface area (Å²) in [6.07, 6.45) is 1.08. The molecule has 1 saturated heterocycles. The van der Waals surface area contributed by atoms with Gasteiger partial charge in [-0.2, -0.15) is 0 Å². The SMILES string of the molecule is CC(N)c1cccc(SC2CC(C)(C)OC2(C)C)c1. The van der Waals surface area contributed by atoms with Crippen LogP contribution in [-0.2, 0) is 4.74 Å². The summed E-state index contributed by atoms with van der Waals surface area (Å²) in [7, 11) is 0. The van der Waals surface area contributed by atoms with Crippen molar-refractivity contribution < 1.29 is 4.74 Å². The summed E-state index contributed by atoms with van der Waals surface area (Å²) in [5.74, 6) is 0. The number of hydrogen-bond acceptors (Lipinski definition) is 3. The molecule has 2 unspecified atom stereocenters. The summed E-state index contributed by atoms with van der Waals surface area (Å²) in [4.78, 5) is 1.29. The zero-order chi connectivity index (χ0) is 14.3. The van der Waals surface area contributed by atoms with E-state index in [4.69, 9.17) is 10.5 Å². The Morgan fingerprint density at radius 2 is 2.00 bits per heavy atom. The highest BCUT2D eigenvalue weighted by molar-refractivity contribution is 8.00. The molecule has 106 valence electrons. The lowest BCUT2D eigenvalue weighted by Crippen LogP contribution is -2.30. The van der Waals surface area contributed by atoms with E-state index in [1.807, 2.05) is 18.7 Å². The summed E-state index contributed by atoms with van der Waals surface area (Å²) < 4.78 is 6.15. The normalized spacial score (nSPS) is 26.3. The van der Waals surface area contributed by atoms with Crippen LogP contribution in [-0.4, -0.2) is 16.5 Å². The molecule has 3 heteroatoms. The maximum atomic E-state index is 6.15. The van der Waals surface area contributed by atoms with Gasteiger partial charge in [0.15, 0.2) is 0 Å². The molecular formula is C16H25NOS. The van der Waals surface area contributed by atoms with E-state index < -0.39 is 0 Å². The number of nitrogens with two attached hydrogens (primary N) is 1. The van der Waals surface area contributed by atoms with Crippen molar-refractivity contribution in [1.29, 1.82) is 0 Å². The number of rotatable bonds is 3. The lowest BCUT2D eigenvalue weighted by atomic mass is 10.0. The highest BCUT2D eigenvalue weighted by Gasteiger charge is 2.46. The fourth-order valence-corrected chi connectivity index (χ4v) is 4.24. The average molecular weight is 279 g/mol. The van der Waals surface area contributed by atoms with Crippen LogP contribution in [0.2, 0.25) is 0 Å². The van der Waals surface area contributed by atoms with Crippen molar-refractivity contribution in [3.8, 4) is 0 Å². The van der Waals surface area contributed by atoms with Crippen LogP contribution in [0.5, 0.6) is 0 Å². The molecule has 2 N–H and O–H groups in total.